The van der Waals surface area contributed by atoms with Crippen LogP contribution in [0.25, 0.3) is 0 Å². The molecule has 0 aliphatic carbocycles. The average Bonchev–Trinajstić information content (AvgIpc) is 2.53. The van der Waals surface area contributed by atoms with Crippen molar-refractivity contribution in [2.75, 3.05) is 6.61 Å². The van der Waals surface area contributed by atoms with Crippen molar-refractivity contribution in [2.24, 2.45) is 0 Å². The molecule has 2 rings (SSSR count). The van der Waals surface area contributed by atoms with E-state index in [0.29, 0.717) is 5.75 Å². The molecule has 0 aliphatic rings. The number of benzene rings is 2. The molecule has 0 heterocycles. The molecule has 128 valence electrons. The Morgan fingerprint density at radius 3 is 2.21 bits per heavy atom. The van der Waals surface area contributed by atoms with Gasteiger partial charge in [-0.1, -0.05) is 45.0 Å². The van der Waals surface area contributed by atoms with E-state index in [-0.39, 0.29) is 29.8 Å². The van der Waals surface area contributed by atoms with Gasteiger partial charge in [0.05, 0.1) is 6.04 Å². The van der Waals surface area contributed by atoms with Gasteiger partial charge in [-0.05, 0) is 47.7 Å². The summed E-state index contributed by atoms with van der Waals surface area (Å²) in [7, 11) is 0. The van der Waals surface area contributed by atoms with Gasteiger partial charge in [-0.2, -0.15) is 0 Å². The lowest BCUT2D eigenvalue weighted by Crippen LogP contribution is -2.31. The van der Waals surface area contributed by atoms with E-state index in [4.69, 9.17) is 4.74 Å². The second-order valence-corrected chi connectivity index (χ2v) is 6.90. The van der Waals surface area contributed by atoms with Crippen molar-refractivity contribution >= 4 is 5.91 Å². The van der Waals surface area contributed by atoms with Crippen molar-refractivity contribution in [2.45, 2.75) is 39.2 Å². The zero-order valence-corrected chi connectivity index (χ0v) is 14.6. The van der Waals surface area contributed by atoms with Gasteiger partial charge in [0, 0.05) is 0 Å². The van der Waals surface area contributed by atoms with Crippen LogP contribution in [0.4, 0.5) is 4.39 Å². The van der Waals surface area contributed by atoms with Gasteiger partial charge in [-0.25, -0.2) is 4.39 Å². The van der Waals surface area contributed by atoms with E-state index in [1.54, 1.807) is 0 Å². The van der Waals surface area contributed by atoms with E-state index in [1.165, 1.54) is 29.8 Å². The molecule has 0 radical (unpaired) electrons. The molecule has 0 unspecified atom stereocenters. The van der Waals surface area contributed by atoms with Crippen LogP contribution in [0.2, 0.25) is 0 Å². The number of hydrogen-bond acceptors (Lipinski definition) is 2. The Bertz CT molecular complexity index is 672. The zero-order valence-electron chi connectivity index (χ0n) is 14.6. The predicted octanol–water partition coefficient (Wildman–Crippen LogP) is 4.38. The van der Waals surface area contributed by atoms with E-state index in [2.05, 4.69) is 38.2 Å². The van der Waals surface area contributed by atoms with E-state index >= 15 is 0 Å². The van der Waals surface area contributed by atoms with Gasteiger partial charge in [-0.15, -0.1) is 0 Å². The molecule has 0 aromatic heterocycles. The maximum atomic E-state index is 12.8. The topological polar surface area (TPSA) is 38.3 Å². The molecular formula is C20H24FNO2. The molecule has 3 nitrogen and oxygen atoms in total. The van der Waals surface area contributed by atoms with Crippen LogP contribution in [-0.2, 0) is 10.2 Å². The third-order valence-corrected chi connectivity index (χ3v) is 3.84. The van der Waals surface area contributed by atoms with E-state index in [0.717, 1.165) is 5.56 Å². The monoisotopic (exact) mass is 329 g/mol. The number of amides is 1. The highest BCUT2D eigenvalue weighted by Gasteiger charge is 2.15. The Hall–Kier alpha value is -2.36. The average molecular weight is 329 g/mol. The van der Waals surface area contributed by atoms with Crippen LogP contribution in [0.5, 0.6) is 5.75 Å². The highest BCUT2D eigenvalue weighted by atomic mass is 19.1. The summed E-state index contributed by atoms with van der Waals surface area (Å²) < 4.78 is 18.2. The predicted molar refractivity (Wildman–Crippen MR) is 93.6 cm³/mol. The fourth-order valence-electron chi connectivity index (χ4n) is 2.32. The molecular weight excluding hydrogens is 305 g/mol. The number of carbonyl (C=O) groups excluding carboxylic acids is 1. The molecule has 4 heteroatoms. The van der Waals surface area contributed by atoms with Crippen molar-refractivity contribution in [3.05, 3.63) is 65.5 Å². The fourth-order valence-corrected chi connectivity index (χ4v) is 2.32. The van der Waals surface area contributed by atoms with Crippen LogP contribution in [0, 0.1) is 5.82 Å². The van der Waals surface area contributed by atoms with Crippen LogP contribution >= 0.6 is 0 Å². The van der Waals surface area contributed by atoms with Gasteiger partial charge in [0.1, 0.15) is 11.6 Å². The summed E-state index contributed by atoms with van der Waals surface area (Å²) >= 11 is 0. The zero-order chi connectivity index (χ0) is 17.7. The lowest BCUT2D eigenvalue weighted by molar-refractivity contribution is -0.123. The number of carbonyl (C=O) groups is 1. The Kier molecular flexibility index (Phi) is 5.60. The lowest BCUT2D eigenvalue weighted by atomic mass is 9.86. The van der Waals surface area contributed by atoms with Crippen LogP contribution in [-0.4, -0.2) is 12.5 Å². The number of nitrogens with one attached hydrogen (secondary N) is 1. The molecule has 0 saturated heterocycles. The largest absolute Gasteiger partial charge is 0.484 e. The summed E-state index contributed by atoms with van der Waals surface area (Å²) in [6.45, 7) is 8.33. The molecule has 2 aromatic rings. The van der Waals surface area contributed by atoms with Crippen molar-refractivity contribution in [3.8, 4) is 5.75 Å². The van der Waals surface area contributed by atoms with Gasteiger partial charge < -0.3 is 10.1 Å². The summed E-state index contributed by atoms with van der Waals surface area (Å²) in [5, 5.41) is 2.90. The number of rotatable bonds is 5. The Morgan fingerprint density at radius 2 is 1.67 bits per heavy atom. The minimum atomic E-state index is -0.334. The SMILES string of the molecule is C[C@H](NC(=O)COc1ccc(F)cc1)c1ccc(C(C)(C)C)cc1. The highest BCUT2D eigenvalue weighted by Crippen LogP contribution is 2.23. The van der Waals surface area contributed by atoms with Crippen LogP contribution in [0.1, 0.15) is 44.9 Å². The maximum absolute atomic E-state index is 12.8. The molecule has 1 atom stereocenters. The van der Waals surface area contributed by atoms with Crippen LogP contribution in [0.3, 0.4) is 0 Å². The fraction of sp³-hybridized carbons (Fsp3) is 0.350. The molecule has 0 spiro atoms. The molecule has 24 heavy (non-hydrogen) atoms. The standard InChI is InChI=1S/C20H24FNO2/c1-14(15-5-7-16(8-6-15)20(2,3)4)22-19(23)13-24-18-11-9-17(21)10-12-18/h5-12,14H,13H2,1-4H3,(H,22,23)/t14-/m0/s1. The lowest BCUT2D eigenvalue weighted by Gasteiger charge is -2.20. The minimum Gasteiger partial charge on any atom is -0.484 e. The van der Waals surface area contributed by atoms with Crippen molar-refractivity contribution in [1.29, 1.82) is 0 Å². The van der Waals surface area contributed by atoms with Gasteiger partial charge in [0.25, 0.3) is 5.91 Å². The number of ether oxygens (including phenoxy) is 1. The van der Waals surface area contributed by atoms with Gasteiger partial charge in [0.2, 0.25) is 0 Å². The molecule has 2 aromatic carbocycles. The van der Waals surface area contributed by atoms with E-state index < -0.39 is 0 Å². The maximum Gasteiger partial charge on any atom is 0.258 e. The smallest absolute Gasteiger partial charge is 0.258 e. The first-order chi connectivity index (χ1) is 11.3. The third-order valence-electron chi connectivity index (χ3n) is 3.84. The summed E-state index contributed by atoms with van der Waals surface area (Å²) in [6.07, 6.45) is 0. The van der Waals surface area contributed by atoms with Crippen molar-refractivity contribution < 1.29 is 13.9 Å². The van der Waals surface area contributed by atoms with Gasteiger partial charge in [-0.3, -0.25) is 4.79 Å². The van der Waals surface area contributed by atoms with Gasteiger partial charge in [0.15, 0.2) is 6.61 Å². The van der Waals surface area contributed by atoms with Crippen molar-refractivity contribution in [3.63, 3.8) is 0 Å². The van der Waals surface area contributed by atoms with E-state index in [1.807, 2.05) is 19.1 Å². The van der Waals surface area contributed by atoms with Crippen LogP contribution in [0.15, 0.2) is 48.5 Å². The molecule has 1 N–H and O–H groups in total. The number of halogens is 1. The first-order valence-corrected chi connectivity index (χ1v) is 8.04. The van der Waals surface area contributed by atoms with Gasteiger partial charge >= 0.3 is 0 Å². The normalized spacial score (nSPS) is 12.5. The minimum absolute atomic E-state index is 0.101. The quantitative estimate of drug-likeness (QED) is 0.884. The molecule has 0 bridgehead atoms. The Labute approximate surface area is 142 Å². The summed E-state index contributed by atoms with van der Waals surface area (Å²) in [4.78, 5) is 12.0. The first kappa shape index (κ1) is 18.0. The molecule has 0 saturated carbocycles. The van der Waals surface area contributed by atoms with E-state index in [9.17, 15) is 9.18 Å². The molecule has 1 amide bonds. The second-order valence-electron chi connectivity index (χ2n) is 6.90. The van der Waals surface area contributed by atoms with Crippen molar-refractivity contribution in [1.82, 2.24) is 5.32 Å². The molecule has 0 aliphatic heterocycles. The number of hydrogen-bond donors (Lipinski definition) is 1. The van der Waals surface area contributed by atoms with Crippen LogP contribution < -0.4 is 10.1 Å². The second kappa shape index (κ2) is 7.47. The highest BCUT2D eigenvalue weighted by molar-refractivity contribution is 5.78. The summed E-state index contributed by atoms with van der Waals surface area (Å²) in [6, 6.07) is 13.7. The Balaban J connectivity index is 1.88. The third kappa shape index (κ3) is 5.08. The molecule has 0 fully saturated rings. The Morgan fingerprint density at radius 1 is 1.08 bits per heavy atom. The summed E-state index contributed by atoms with van der Waals surface area (Å²) in [5.41, 5.74) is 2.40. The summed E-state index contributed by atoms with van der Waals surface area (Å²) in [5.74, 6) is -0.0837. The first-order valence-electron chi connectivity index (χ1n) is 8.04.